The maximum absolute atomic E-state index is 12.0. The molecule has 27 heavy (non-hydrogen) atoms. The third-order valence-electron chi connectivity index (χ3n) is 4.68. The Morgan fingerprint density at radius 1 is 1.04 bits per heavy atom. The number of amides is 1. The van der Waals surface area contributed by atoms with Crippen molar-refractivity contribution in [3.8, 4) is 17.2 Å². The lowest BCUT2D eigenvalue weighted by Crippen LogP contribution is -2.24. The second-order valence-electron chi connectivity index (χ2n) is 6.56. The number of nitrogens with one attached hydrogen (secondary N) is 1. The van der Waals surface area contributed by atoms with Crippen molar-refractivity contribution in [1.29, 1.82) is 0 Å². The van der Waals surface area contributed by atoms with E-state index in [0.717, 1.165) is 12.0 Å². The van der Waals surface area contributed by atoms with Gasteiger partial charge in [0.05, 0.1) is 27.4 Å². The van der Waals surface area contributed by atoms with Gasteiger partial charge in [-0.3, -0.25) is 4.79 Å². The average Bonchev–Trinajstić information content (AvgIpc) is 2.72. The van der Waals surface area contributed by atoms with E-state index < -0.39 is 0 Å². The monoisotopic (exact) mass is 377 g/mol. The van der Waals surface area contributed by atoms with Crippen molar-refractivity contribution in [2.75, 3.05) is 34.5 Å². The van der Waals surface area contributed by atoms with E-state index in [9.17, 15) is 4.79 Å². The Bertz CT molecular complexity index is 623. The van der Waals surface area contributed by atoms with Crippen molar-refractivity contribution in [2.24, 2.45) is 0 Å². The summed E-state index contributed by atoms with van der Waals surface area (Å²) in [4.78, 5) is 12.0. The van der Waals surface area contributed by atoms with Crippen LogP contribution in [0.3, 0.4) is 0 Å². The van der Waals surface area contributed by atoms with E-state index in [4.69, 9.17) is 18.9 Å². The van der Waals surface area contributed by atoms with E-state index in [2.05, 4.69) is 5.32 Å². The average molecular weight is 377 g/mol. The highest BCUT2D eigenvalue weighted by atomic mass is 16.5. The molecule has 1 fully saturated rings. The number of ether oxygens (including phenoxy) is 4. The number of rotatable bonds is 10. The summed E-state index contributed by atoms with van der Waals surface area (Å²) in [5.74, 6) is 1.62. The summed E-state index contributed by atoms with van der Waals surface area (Å²) in [5.41, 5.74) is 0.742. The Balaban J connectivity index is 1.78. The molecule has 0 saturated heterocycles. The van der Waals surface area contributed by atoms with Gasteiger partial charge in [0.2, 0.25) is 5.91 Å². The van der Waals surface area contributed by atoms with Gasteiger partial charge in [0.1, 0.15) is 5.75 Å². The molecule has 1 amide bonds. The van der Waals surface area contributed by atoms with Crippen molar-refractivity contribution < 1.29 is 23.7 Å². The first-order valence-electron chi connectivity index (χ1n) is 9.55. The first-order valence-corrected chi connectivity index (χ1v) is 9.55. The second-order valence-corrected chi connectivity index (χ2v) is 6.56. The van der Waals surface area contributed by atoms with Crippen LogP contribution < -0.4 is 19.5 Å². The summed E-state index contributed by atoms with van der Waals surface area (Å²) < 4.78 is 21.8. The van der Waals surface area contributed by atoms with E-state index in [1.165, 1.54) is 38.2 Å². The van der Waals surface area contributed by atoms with Gasteiger partial charge in [-0.25, -0.2) is 0 Å². The molecule has 1 saturated carbocycles. The molecule has 0 aromatic heterocycles. The minimum atomic E-state index is -0.149. The molecule has 1 aliphatic carbocycles. The molecule has 1 aliphatic rings. The number of methoxy groups -OCH3 is 3. The van der Waals surface area contributed by atoms with Gasteiger partial charge in [-0.2, -0.15) is 0 Å². The topological polar surface area (TPSA) is 66.0 Å². The van der Waals surface area contributed by atoms with Crippen LogP contribution in [-0.4, -0.2) is 46.5 Å². The van der Waals surface area contributed by atoms with Gasteiger partial charge >= 0.3 is 0 Å². The molecule has 0 bridgehead atoms. The van der Waals surface area contributed by atoms with Crippen LogP contribution in [0, 0.1) is 0 Å². The molecule has 0 atom stereocenters. The Hall–Kier alpha value is -2.21. The van der Waals surface area contributed by atoms with Crippen molar-refractivity contribution in [3.63, 3.8) is 0 Å². The molecule has 2 rings (SSSR count). The fraction of sp³-hybridized carbons (Fsp3) is 0.571. The molecule has 0 aliphatic heterocycles. The van der Waals surface area contributed by atoms with Crippen LogP contribution in [0.5, 0.6) is 17.2 Å². The van der Waals surface area contributed by atoms with Gasteiger partial charge in [-0.05, 0) is 31.4 Å². The lowest BCUT2D eigenvalue weighted by atomic mass is 9.98. The third kappa shape index (κ3) is 6.79. The molecular formula is C21H31NO5. The van der Waals surface area contributed by atoms with E-state index in [1.807, 2.05) is 0 Å². The Morgan fingerprint density at radius 3 is 2.37 bits per heavy atom. The highest BCUT2D eigenvalue weighted by Crippen LogP contribution is 2.35. The van der Waals surface area contributed by atoms with Crippen molar-refractivity contribution in [1.82, 2.24) is 5.32 Å². The van der Waals surface area contributed by atoms with Crippen molar-refractivity contribution in [2.45, 2.75) is 44.6 Å². The maximum atomic E-state index is 12.0. The zero-order chi connectivity index (χ0) is 19.5. The number of carbonyl (C=O) groups is 1. The molecule has 1 aromatic carbocycles. The number of carbonyl (C=O) groups excluding carboxylic acids is 1. The summed E-state index contributed by atoms with van der Waals surface area (Å²) in [5, 5.41) is 2.88. The summed E-state index contributed by atoms with van der Waals surface area (Å²) in [6.07, 6.45) is 10.6. The lowest BCUT2D eigenvalue weighted by Gasteiger charge is -2.21. The summed E-state index contributed by atoms with van der Waals surface area (Å²) in [6.45, 7) is 1.29. The number of benzene rings is 1. The summed E-state index contributed by atoms with van der Waals surface area (Å²) >= 11 is 0. The fourth-order valence-electron chi connectivity index (χ4n) is 3.17. The Kier molecular flexibility index (Phi) is 8.98. The largest absolute Gasteiger partial charge is 0.496 e. The van der Waals surface area contributed by atoms with Gasteiger partial charge < -0.3 is 24.3 Å². The quantitative estimate of drug-likeness (QED) is 0.499. The van der Waals surface area contributed by atoms with Crippen LogP contribution in [0.4, 0.5) is 0 Å². The second kappa shape index (κ2) is 11.5. The van der Waals surface area contributed by atoms with Gasteiger partial charge in [0.15, 0.2) is 11.5 Å². The minimum Gasteiger partial charge on any atom is -0.496 e. The molecule has 0 spiro atoms. The van der Waals surface area contributed by atoms with Crippen LogP contribution >= 0.6 is 0 Å². The lowest BCUT2D eigenvalue weighted by molar-refractivity contribution is -0.116. The highest BCUT2D eigenvalue weighted by Gasteiger charge is 2.13. The normalized spacial score (nSPS) is 14.9. The molecule has 1 N–H and O–H groups in total. The van der Waals surface area contributed by atoms with E-state index in [1.54, 1.807) is 39.5 Å². The molecule has 150 valence electrons. The van der Waals surface area contributed by atoms with Crippen LogP contribution in [-0.2, 0) is 9.53 Å². The predicted molar refractivity (Wildman–Crippen MR) is 106 cm³/mol. The SMILES string of the molecule is COc1cc(OC)c(OC)cc1/C=C/C(=O)NCCCOC1CCCCC1. The molecule has 1 aromatic rings. The van der Waals surface area contributed by atoms with Crippen LogP contribution in [0.1, 0.15) is 44.1 Å². The van der Waals surface area contributed by atoms with Gasteiger partial charge in [0, 0.05) is 30.9 Å². The van der Waals surface area contributed by atoms with E-state index in [0.29, 0.717) is 36.5 Å². The third-order valence-corrected chi connectivity index (χ3v) is 4.68. The minimum absolute atomic E-state index is 0.149. The standard InChI is InChI=1S/C21H31NO5/c1-24-18-15-20(26-3)19(25-2)14-16(18)10-11-21(23)22-12-7-13-27-17-8-5-4-6-9-17/h10-11,14-15,17H,4-9,12-13H2,1-3H3,(H,22,23)/b11-10+. The fourth-order valence-corrected chi connectivity index (χ4v) is 3.17. The van der Waals surface area contributed by atoms with E-state index >= 15 is 0 Å². The van der Waals surface area contributed by atoms with E-state index in [-0.39, 0.29) is 5.91 Å². The first kappa shape index (κ1) is 21.1. The Labute approximate surface area is 161 Å². The van der Waals surface area contributed by atoms with Crippen molar-refractivity contribution in [3.05, 3.63) is 23.8 Å². The predicted octanol–water partition coefficient (Wildman–Crippen LogP) is 3.58. The first-order chi connectivity index (χ1) is 13.2. The molecule has 6 nitrogen and oxygen atoms in total. The Morgan fingerprint density at radius 2 is 1.70 bits per heavy atom. The number of hydrogen-bond donors (Lipinski definition) is 1. The van der Waals surface area contributed by atoms with Crippen LogP contribution in [0.25, 0.3) is 6.08 Å². The zero-order valence-electron chi connectivity index (χ0n) is 16.6. The van der Waals surface area contributed by atoms with Crippen LogP contribution in [0.2, 0.25) is 0 Å². The van der Waals surface area contributed by atoms with Crippen LogP contribution in [0.15, 0.2) is 18.2 Å². The van der Waals surface area contributed by atoms with Gasteiger partial charge in [-0.1, -0.05) is 19.3 Å². The highest BCUT2D eigenvalue weighted by molar-refractivity contribution is 5.92. The molecule has 0 heterocycles. The molecule has 0 radical (unpaired) electrons. The molecule has 0 unspecified atom stereocenters. The number of hydrogen-bond acceptors (Lipinski definition) is 5. The van der Waals surface area contributed by atoms with Gasteiger partial charge in [0.25, 0.3) is 0 Å². The molecular weight excluding hydrogens is 346 g/mol. The van der Waals surface area contributed by atoms with Crippen molar-refractivity contribution >= 4 is 12.0 Å². The molecule has 6 heteroatoms. The van der Waals surface area contributed by atoms with Gasteiger partial charge in [-0.15, -0.1) is 0 Å². The summed E-state index contributed by atoms with van der Waals surface area (Å²) in [6, 6.07) is 3.51. The maximum Gasteiger partial charge on any atom is 0.244 e. The zero-order valence-corrected chi connectivity index (χ0v) is 16.6. The smallest absolute Gasteiger partial charge is 0.244 e. The summed E-state index contributed by atoms with van der Waals surface area (Å²) in [7, 11) is 4.71.